The Morgan fingerprint density at radius 3 is 2.80 bits per heavy atom. The quantitative estimate of drug-likeness (QED) is 0.877. The zero-order chi connectivity index (χ0) is 17.6. The summed E-state index contributed by atoms with van der Waals surface area (Å²) in [7, 11) is 1.63. The Bertz CT molecular complexity index is 734. The van der Waals surface area contributed by atoms with E-state index in [9.17, 15) is 9.18 Å². The number of amides is 2. The normalized spacial score (nSPS) is 15.7. The minimum Gasteiger partial charge on any atom is -0.497 e. The van der Waals surface area contributed by atoms with Crippen LogP contribution in [0.3, 0.4) is 0 Å². The number of urea groups is 1. The van der Waals surface area contributed by atoms with Crippen molar-refractivity contribution in [3.8, 4) is 11.5 Å². The van der Waals surface area contributed by atoms with E-state index in [2.05, 4.69) is 10.6 Å². The number of hydrogen-bond acceptors (Lipinski definition) is 3. The molecule has 0 aliphatic carbocycles. The second-order valence-corrected chi connectivity index (χ2v) is 6.04. The van der Waals surface area contributed by atoms with Crippen molar-refractivity contribution in [2.24, 2.45) is 5.92 Å². The van der Waals surface area contributed by atoms with Crippen molar-refractivity contribution in [2.75, 3.05) is 20.3 Å². The van der Waals surface area contributed by atoms with Crippen LogP contribution in [0.2, 0.25) is 0 Å². The molecule has 5 nitrogen and oxygen atoms in total. The molecule has 0 fully saturated rings. The lowest BCUT2D eigenvalue weighted by molar-refractivity contribution is 0.210. The molecule has 1 heterocycles. The topological polar surface area (TPSA) is 59.6 Å². The van der Waals surface area contributed by atoms with E-state index in [1.807, 2.05) is 18.2 Å². The summed E-state index contributed by atoms with van der Waals surface area (Å²) in [5.41, 5.74) is 1.96. The van der Waals surface area contributed by atoms with Crippen LogP contribution in [-0.2, 0) is 13.0 Å². The summed E-state index contributed by atoms with van der Waals surface area (Å²) < 4.78 is 23.8. The van der Waals surface area contributed by atoms with Crippen molar-refractivity contribution in [3.63, 3.8) is 0 Å². The average Bonchev–Trinajstić information content (AvgIpc) is 2.65. The van der Waals surface area contributed by atoms with E-state index in [-0.39, 0.29) is 17.8 Å². The van der Waals surface area contributed by atoms with Crippen molar-refractivity contribution in [1.29, 1.82) is 0 Å². The third-order valence-electron chi connectivity index (χ3n) is 4.18. The number of halogens is 1. The average molecular weight is 344 g/mol. The molecular weight excluding hydrogens is 323 g/mol. The molecule has 132 valence electrons. The number of fused-ring (bicyclic) bond motifs is 1. The highest BCUT2D eigenvalue weighted by Crippen LogP contribution is 2.30. The van der Waals surface area contributed by atoms with Gasteiger partial charge in [0.1, 0.15) is 17.3 Å². The monoisotopic (exact) mass is 344 g/mol. The summed E-state index contributed by atoms with van der Waals surface area (Å²) in [5, 5.41) is 5.62. The minimum atomic E-state index is -0.289. The van der Waals surface area contributed by atoms with Crippen LogP contribution < -0.4 is 20.1 Å². The van der Waals surface area contributed by atoms with Gasteiger partial charge in [-0.25, -0.2) is 9.18 Å². The molecule has 0 bridgehead atoms. The highest BCUT2D eigenvalue weighted by Gasteiger charge is 2.20. The van der Waals surface area contributed by atoms with Gasteiger partial charge < -0.3 is 20.1 Å². The summed E-state index contributed by atoms with van der Waals surface area (Å²) in [5.74, 6) is 1.55. The van der Waals surface area contributed by atoms with Gasteiger partial charge in [-0.2, -0.15) is 0 Å². The van der Waals surface area contributed by atoms with Crippen molar-refractivity contribution in [2.45, 2.75) is 13.0 Å². The van der Waals surface area contributed by atoms with Crippen LogP contribution in [0, 0.1) is 11.7 Å². The van der Waals surface area contributed by atoms with E-state index in [1.54, 1.807) is 19.2 Å². The first-order valence-electron chi connectivity index (χ1n) is 8.20. The maximum Gasteiger partial charge on any atom is 0.315 e. The summed E-state index contributed by atoms with van der Waals surface area (Å²) in [6.07, 6.45) is 0.845. The van der Waals surface area contributed by atoms with E-state index < -0.39 is 0 Å². The summed E-state index contributed by atoms with van der Waals surface area (Å²) >= 11 is 0. The summed E-state index contributed by atoms with van der Waals surface area (Å²) in [6, 6.07) is 11.6. The molecule has 0 radical (unpaired) electrons. The molecule has 3 rings (SSSR count). The molecule has 1 atom stereocenters. The number of rotatable bonds is 5. The molecule has 0 saturated heterocycles. The molecule has 1 aliphatic rings. The van der Waals surface area contributed by atoms with Gasteiger partial charge in [0, 0.05) is 25.1 Å². The number of benzene rings is 2. The molecule has 25 heavy (non-hydrogen) atoms. The number of nitrogens with one attached hydrogen (secondary N) is 2. The number of carbonyl (C=O) groups excluding carboxylic acids is 1. The molecular formula is C19H21FN2O3. The third-order valence-corrected chi connectivity index (χ3v) is 4.18. The second kappa shape index (κ2) is 7.88. The molecule has 0 aromatic heterocycles. The van der Waals surface area contributed by atoms with Crippen LogP contribution >= 0.6 is 0 Å². The van der Waals surface area contributed by atoms with Crippen molar-refractivity contribution in [1.82, 2.24) is 10.6 Å². The molecule has 0 saturated carbocycles. The molecule has 2 amide bonds. The predicted octanol–water partition coefficient (Wildman–Crippen LogP) is 2.88. The van der Waals surface area contributed by atoms with E-state index >= 15 is 0 Å². The number of carbonyl (C=O) groups is 1. The smallest absolute Gasteiger partial charge is 0.315 e. The predicted molar refractivity (Wildman–Crippen MR) is 92.3 cm³/mol. The lowest BCUT2D eigenvalue weighted by Gasteiger charge is -2.25. The Labute approximate surface area is 146 Å². The van der Waals surface area contributed by atoms with Gasteiger partial charge in [0.25, 0.3) is 0 Å². The summed E-state index contributed by atoms with van der Waals surface area (Å²) in [4.78, 5) is 11.9. The molecule has 1 aliphatic heterocycles. The maximum absolute atomic E-state index is 12.8. The highest BCUT2D eigenvalue weighted by atomic mass is 19.1. The van der Waals surface area contributed by atoms with Crippen LogP contribution in [0.5, 0.6) is 11.5 Å². The zero-order valence-electron chi connectivity index (χ0n) is 14.0. The first kappa shape index (κ1) is 17.1. The number of ether oxygens (including phenoxy) is 2. The first-order chi connectivity index (χ1) is 12.1. The molecule has 2 N–H and O–H groups in total. The second-order valence-electron chi connectivity index (χ2n) is 6.04. The largest absolute Gasteiger partial charge is 0.497 e. The van der Waals surface area contributed by atoms with E-state index in [1.165, 1.54) is 12.1 Å². The van der Waals surface area contributed by atoms with Gasteiger partial charge in [-0.3, -0.25) is 0 Å². The Kier molecular flexibility index (Phi) is 5.38. The van der Waals surface area contributed by atoms with E-state index in [4.69, 9.17) is 9.47 Å². The van der Waals surface area contributed by atoms with Gasteiger partial charge in [-0.15, -0.1) is 0 Å². The summed E-state index contributed by atoms with van der Waals surface area (Å²) in [6.45, 7) is 1.44. The van der Waals surface area contributed by atoms with Gasteiger partial charge in [0.2, 0.25) is 0 Å². The zero-order valence-corrected chi connectivity index (χ0v) is 14.0. The molecule has 1 unspecified atom stereocenters. The highest BCUT2D eigenvalue weighted by molar-refractivity contribution is 5.73. The fourth-order valence-electron chi connectivity index (χ4n) is 2.76. The number of methoxy groups -OCH3 is 1. The Balaban J connectivity index is 1.44. The van der Waals surface area contributed by atoms with E-state index in [0.29, 0.717) is 19.7 Å². The molecule has 0 spiro atoms. The Morgan fingerprint density at radius 1 is 1.24 bits per heavy atom. The first-order valence-corrected chi connectivity index (χ1v) is 8.20. The van der Waals surface area contributed by atoms with Crippen molar-refractivity contribution in [3.05, 3.63) is 59.4 Å². The fourth-order valence-corrected chi connectivity index (χ4v) is 2.76. The molecule has 2 aromatic rings. The Morgan fingerprint density at radius 2 is 2.04 bits per heavy atom. The third kappa shape index (κ3) is 4.62. The van der Waals surface area contributed by atoms with Gasteiger partial charge >= 0.3 is 6.03 Å². The van der Waals surface area contributed by atoms with Gasteiger partial charge in [-0.1, -0.05) is 18.2 Å². The van der Waals surface area contributed by atoms with Crippen molar-refractivity contribution < 1.29 is 18.7 Å². The van der Waals surface area contributed by atoms with Crippen LogP contribution in [0.15, 0.2) is 42.5 Å². The van der Waals surface area contributed by atoms with Crippen LogP contribution in [0.4, 0.5) is 9.18 Å². The van der Waals surface area contributed by atoms with Gasteiger partial charge in [0.05, 0.1) is 13.7 Å². The molecule has 2 aromatic carbocycles. The standard InChI is InChI=1S/C19H21FN2O3/c1-24-17-7-4-15-8-14(12-25-18(15)9-17)11-22-19(23)21-10-13-2-5-16(20)6-3-13/h2-7,9,14H,8,10-12H2,1H3,(H2,21,22,23). The van der Waals surface area contributed by atoms with E-state index in [0.717, 1.165) is 29.0 Å². The fraction of sp³-hybridized carbons (Fsp3) is 0.316. The minimum absolute atomic E-state index is 0.220. The van der Waals surface area contributed by atoms with Crippen LogP contribution in [-0.4, -0.2) is 26.3 Å². The van der Waals surface area contributed by atoms with Crippen molar-refractivity contribution >= 4 is 6.03 Å². The van der Waals surface area contributed by atoms with Crippen LogP contribution in [0.1, 0.15) is 11.1 Å². The Hall–Kier alpha value is -2.76. The van der Waals surface area contributed by atoms with Gasteiger partial charge in [-0.05, 0) is 35.7 Å². The number of hydrogen-bond donors (Lipinski definition) is 2. The lowest BCUT2D eigenvalue weighted by Crippen LogP contribution is -2.40. The maximum atomic E-state index is 12.8. The SMILES string of the molecule is COc1ccc2c(c1)OCC(CNC(=O)NCc1ccc(F)cc1)C2. The van der Waals surface area contributed by atoms with Gasteiger partial charge in [0.15, 0.2) is 0 Å². The molecule has 6 heteroatoms. The van der Waals surface area contributed by atoms with Crippen LogP contribution in [0.25, 0.3) is 0 Å². The lowest BCUT2D eigenvalue weighted by atomic mass is 9.96.